The monoisotopic (exact) mass is 545 g/mol. The zero-order chi connectivity index (χ0) is 27.1. The van der Waals surface area contributed by atoms with Gasteiger partial charge in [0.2, 0.25) is 0 Å². The molecule has 0 saturated carbocycles. The molecule has 2 aliphatic rings. The first-order chi connectivity index (χ1) is 18.8. The number of benzene rings is 1. The number of anilines is 3. The number of piperazine rings is 1. The summed E-state index contributed by atoms with van der Waals surface area (Å²) >= 11 is 0. The molecule has 2 unspecified atom stereocenters. The second kappa shape index (κ2) is 10.3. The minimum absolute atomic E-state index is 0.0951. The van der Waals surface area contributed by atoms with Gasteiger partial charge in [-0.2, -0.15) is 0 Å². The van der Waals surface area contributed by atoms with Gasteiger partial charge < -0.3 is 19.5 Å². The third-order valence-electron chi connectivity index (χ3n) is 7.50. The first kappa shape index (κ1) is 25.9. The topological polar surface area (TPSA) is 99.4 Å². The van der Waals surface area contributed by atoms with Crippen LogP contribution >= 0.6 is 0 Å². The Balaban J connectivity index is 1.27. The lowest BCUT2D eigenvalue weighted by atomic mass is 10.1. The van der Waals surface area contributed by atoms with Crippen molar-refractivity contribution in [2.75, 3.05) is 43.4 Å². The highest BCUT2D eigenvalue weighted by Gasteiger charge is 2.28. The Morgan fingerprint density at radius 1 is 1.05 bits per heavy atom. The van der Waals surface area contributed by atoms with E-state index in [0.717, 1.165) is 61.5 Å². The van der Waals surface area contributed by atoms with Gasteiger partial charge in [-0.15, -0.1) is 0 Å². The highest BCUT2D eigenvalue weighted by molar-refractivity contribution is 7.84. The summed E-state index contributed by atoms with van der Waals surface area (Å²) < 4.78 is 21.9. The smallest absolute Gasteiger partial charge is 0.198 e. The fourth-order valence-corrected chi connectivity index (χ4v) is 6.02. The average Bonchev–Trinajstić information content (AvgIpc) is 3.50. The fourth-order valence-electron chi connectivity index (χ4n) is 5.17. The van der Waals surface area contributed by atoms with E-state index in [9.17, 15) is 4.21 Å². The van der Waals surface area contributed by atoms with Crippen molar-refractivity contribution >= 4 is 39.0 Å². The van der Waals surface area contributed by atoms with E-state index in [1.165, 1.54) is 11.1 Å². The number of rotatable bonds is 6. The summed E-state index contributed by atoms with van der Waals surface area (Å²) in [5, 5.41) is 4.51. The Morgan fingerprint density at radius 3 is 2.56 bits per heavy atom. The van der Waals surface area contributed by atoms with E-state index < -0.39 is 11.0 Å². The van der Waals surface area contributed by atoms with Crippen LogP contribution in [-0.2, 0) is 17.4 Å². The van der Waals surface area contributed by atoms with E-state index in [1.807, 2.05) is 39.2 Å². The quantitative estimate of drug-likeness (QED) is 0.356. The molecule has 0 radical (unpaired) electrons. The zero-order valence-electron chi connectivity index (χ0n) is 22.9. The van der Waals surface area contributed by atoms with E-state index in [1.54, 1.807) is 12.4 Å². The van der Waals surface area contributed by atoms with Crippen molar-refractivity contribution < 1.29 is 8.63 Å². The molecule has 1 aromatic carbocycles. The number of furan rings is 1. The SMILES string of the molecule is CN1CCN(c2cnc(-c3oc4cnccc4c3Nc3ccc4c(c3)CCC4NS(=O)C(C)(C)C)nc2)CC1. The molecular formula is C29H35N7O2S. The molecule has 4 heterocycles. The maximum atomic E-state index is 12.7. The number of hydrogen-bond acceptors (Lipinski definition) is 8. The molecule has 0 bridgehead atoms. The summed E-state index contributed by atoms with van der Waals surface area (Å²) in [6, 6.07) is 8.42. The zero-order valence-corrected chi connectivity index (χ0v) is 23.7. The van der Waals surface area contributed by atoms with Gasteiger partial charge in [-0.3, -0.25) is 4.98 Å². The highest BCUT2D eigenvalue weighted by Crippen LogP contribution is 2.40. The van der Waals surface area contributed by atoms with Gasteiger partial charge in [-0.25, -0.2) is 18.9 Å². The largest absolute Gasteiger partial charge is 0.449 e. The van der Waals surface area contributed by atoms with Crippen LogP contribution < -0.4 is 14.9 Å². The van der Waals surface area contributed by atoms with Crippen LogP contribution in [-0.4, -0.2) is 62.0 Å². The maximum absolute atomic E-state index is 12.7. The normalized spacial score (nSPS) is 18.9. The second-order valence-electron chi connectivity index (χ2n) is 11.4. The van der Waals surface area contributed by atoms with Crippen LogP contribution in [0.1, 0.15) is 44.4 Å². The number of hydrogen-bond donors (Lipinski definition) is 2. The number of likely N-dealkylation sites (N-methyl/N-ethyl adjacent to an activating group) is 1. The van der Waals surface area contributed by atoms with E-state index in [4.69, 9.17) is 14.4 Å². The molecule has 0 spiro atoms. The summed E-state index contributed by atoms with van der Waals surface area (Å²) in [5.41, 5.74) is 5.95. The van der Waals surface area contributed by atoms with E-state index in [0.29, 0.717) is 17.2 Å². The highest BCUT2D eigenvalue weighted by atomic mass is 32.2. The summed E-state index contributed by atoms with van der Waals surface area (Å²) in [6.07, 6.45) is 9.11. The standard InChI is InChI=1S/C29H35N7O2S/c1-29(2,3)39(37)34-24-8-5-19-15-20(6-7-22(19)24)33-26-23-9-10-30-18-25(23)38-27(26)28-31-16-21(17-32-28)36-13-11-35(4)12-14-36/h6-7,9-10,15-18,24,33-34H,5,8,11-14H2,1-4H3. The minimum atomic E-state index is -1.11. The molecule has 1 fully saturated rings. The second-order valence-corrected chi connectivity index (χ2v) is 13.4. The van der Waals surface area contributed by atoms with Crippen molar-refractivity contribution in [3.8, 4) is 11.6 Å². The lowest BCUT2D eigenvalue weighted by molar-refractivity contribution is 0.312. The van der Waals surface area contributed by atoms with Crippen molar-refractivity contribution in [2.24, 2.45) is 0 Å². The predicted octanol–water partition coefficient (Wildman–Crippen LogP) is 4.82. The Bertz CT molecular complexity index is 1500. The van der Waals surface area contributed by atoms with Gasteiger partial charge in [0, 0.05) is 49.5 Å². The third-order valence-corrected chi connectivity index (χ3v) is 9.11. The molecule has 3 aromatic heterocycles. The third kappa shape index (κ3) is 5.28. The number of aromatic nitrogens is 3. The fraction of sp³-hybridized carbons (Fsp3) is 0.414. The number of nitrogens with one attached hydrogen (secondary N) is 2. The molecule has 4 aromatic rings. The maximum Gasteiger partial charge on any atom is 0.198 e. The van der Waals surface area contributed by atoms with Crippen LogP contribution in [0.3, 0.4) is 0 Å². The van der Waals surface area contributed by atoms with Crippen LogP contribution in [0.15, 0.2) is 53.5 Å². The summed E-state index contributed by atoms with van der Waals surface area (Å²) in [6.45, 7) is 9.95. The molecule has 2 atom stereocenters. The minimum Gasteiger partial charge on any atom is -0.449 e. The van der Waals surface area contributed by atoms with Gasteiger partial charge in [0.15, 0.2) is 17.2 Å². The van der Waals surface area contributed by atoms with Gasteiger partial charge in [-0.1, -0.05) is 6.07 Å². The molecule has 1 saturated heterocycles. The van der Waals surface area contributed by atoms with Crippen molar-refractivity contribution in [1.29, 1.82) is 0 Å². The van der Waals surface area contributed by atoms with Crippen LogP contribution in [0.2, 0.25) is 0 Å². The summed E-state index contributed by atoms with van der Waals surface area (Å²) in [5.74, 6) is 1.12. The Hall–Kier alpha value is -3.34. The van der Waals surface area contributed by atoms with Gasteiger partial charge in [0.1, 0.15) is 0 Å². The molecule has 2 N–H and O–H groups in total. The van der Waals surface area contributed by atoms with Crippen LogP contribution in [0.25, 0.3) is 22.6 Å². The van der Waals surface area contributed by atoms with E-state index in [2.05, 4.69) is 50.1 Å². The summed E-state index contributed by atoms with van der Waals surface area (Å²) in [4.78, 5) is 18.3. The number of aryl methyl sites for hydroxylation is 1. The van der Waals surface area contributed by atoms with Gasteiger partial charge in [0.25, 0.3) is 0 Å². The van der Waals surface area contributed by atoms with Gasteiger partial charge >= 0.3 is 0 Å². The lowest BCUT2D eigenvalue weighted by Crippen LogP contribution is -2.44. The van der Waals surface area contributed by atoms with Crippen molar-refractivity contribution in [2.45, 2.75) is 44.4 Å². The Morgan fingerprint density at radius 2 is 1.82 bits per heavy atom. The average molecular weight is 546 g/mol. The Kier molecular flexibility index (Phi) is 6.86. The predicted molar refractivity (Wildman–Crippen MR) is 157 cm³/mol. The number of fused-ring (bicyclic) bond motifs is 2. The number of pyridine rings is 1. The molecule has 1 aliphatic heterocycles. The van der Waals surface area contributed by atoms with E-state index >= 15 is 0 Å². The molecular weight excluding hydrogens is 510 g/mol. The molecule has 9 nitrogen and oxygen atoms in total. The van der Waals surface area contributed by atoms with E-state index in [-0.39, 0.29) is 10.8 Å². The molecule has 1 aliphatic carbocycles. The first-order valence-corrected chi connectivity index (χ1v) is 14.6. The molecule has 10 heteroatoms. The van der Waals surface area contributed by atoms with Gasteiger partial charge in [0.05, 0.1) is 45.7 Å². The lowest BCUT2D eigenvalue weighted by Gasteiger charge is -2.33. The van der Waals surface area contributed by atoms with Crippen molar-refractivity contribution in [3.63, 3.8) is 0 Å². The Labute approximate surface area is 231 Å². The first-order valence-electron chi connectivity index (χ1n) is 13.5. The molecule has 39 heavy (non-hydrogen) atoms. The van der Waals surface area contributed by atoms with Crippen molar-refractivity contribution in [1.82, 2.24) is 24.6 Å². The molecule has 204 valence electrons. The van der Waals surface area contributed by atoms with Crippen molar-refractivity contribution in [3.05, 3.63) is 60.2 Å². The van der Waals surface area contributed by atoms with Gasteiger partial charge in [-0.05, 0) is 70.0 Å². The molecule has 0 amide bonds. The van der Waals surface area contributed by atoms with Crippen LogP contribution in [0.4, 0.5) is 17.1 Å². The van der Waals surface area contributed by atoms with Crippen LogP contribution in [0, 0.1) is 0 Å². The molecule has 6 rings (SSSR count). The van der Waals surface area contributed by atoms with Crippen LogP contribution in [0.5, 0.6) is 0 Å². The summed E-state index contributed by atoms with van der Waals surface area (Å²) in [7, 11) is 1.03. The number of nitrogens with zero attached hydrogens (tertiary/aromatic N) is 5.